The number of rotatable bonds is 6. The lowest BCUT2D eigenvalue weighted by Crippen LogP contribution is -2.46. The number of carbonyl (C=O) groups is 2. The third-order valence-electron chi connectivity index (χ3n) is 7.47. The van der Waals surface area contributed by atoms with Crippen LogP contribution in [0.25, 0.3) is 5.69 Å². The molecule has 2 atom stereocenters. The first-order valence-corrected chi connectivity index (χ1v) is 14.7. The largest absolute Gasteiger partial charge is 0.355 e. The normalized spacial score (nSPS) is 15.7. The number of thiol groups is 1. The highest BCUT2D eigenvalue weighted by atomic mass is 35.5. The van der Waals surface area contributed by atoms with E-state index in [4.69, 9.17) is 28.2 Å². The highest BCUT2D eigenvalue weighted by molar-refractivity contribution is 7.81. The lowest BCUT2D eigenvalue weighted by Gasteiger charge is -2.35. The minimum absolute atomic E-state index is 0.000780. The smallest absolute Gasteiger partial charge is 0.263 e. The molecule has 1 aliphatic heterocycles. The number of nitrogens with zero attached hydrogens (tertiary/aromatic N) is 3. The molecule has 44 heavy (non-hydrogen) atoms. The minimum Gasteiger partial charge on any atom is -0.355 e. The number of fused-ring (bicyclic) bond motifs is 1. The van der Waals surface area contributed by atoms with Crippen LogP contribution in [-0.4, -0.2) is 39.4 Å². The first-order chi connectivity index (χ1) is 20.8. The zero-order valence-electron chi connectivity index (χ0n) is 23.8. The Morgan fingerprint density at radius 1 is 1.02 bits per heavy atom. The summed E-state index contributed by atoms with van der Waals surface area (Å²) in [5.74, 6) is -2.22. The third-order valence-corrected chi connectivity index (χ3v) is 8.56. The molecule has 0 saturated carbocycles. The molecule has 8 nitrogen and oxygen atoms in total. The molecule has 0 spiro atoms. The van der Waals surface area contributed by atoms with E-state index in [1.807, 2.05) is 6.92 Å². The second-order valence-corrected chi connectivity index (χ2v) is 12.3. The minimum atomic E-state index is -1.47. The number of halogens is 4. The summed E-state index contributed by atoms with van der Waals surface area (Å²) in [6.07, 6.45) is 0.204. The summed E-state index contributed by atoms with van der Waals surface area (Å²) < 4.78 is 29.9. The van der Waals surface area contributed by atoms with Crippen molar-refractivity contribution >= 4 is 53.6 Å². The van der Waals surface area contributed by atoms with Crippen LogP contribution in [0.4, 0.5) is 14.7 Å². The van der Waals surface area contributed by atoms with Gasteiger partial charge < -0.3 is 15.5 Å². The Labute approximate surface area is 267 Å². The number of hydrogen-bond acceptors (Lipinski definition) is 6. The number of nitrogens with one attached hydrogen (secondary N) is 2. The summed E-state index contributed by atoms with van der Waals surface area (Å²) in [5, 5.41) is 6.14. The van der Waals surface area contributed by atoms with E-state index in [1.165, 1.54) is 29.8 Å². The van der Waals surface area contributed by atoms with Crippen molar-refractivity contribution in [3.05, 3.63) is 121 Å². The molecule has 1 aliphatic rings. The highest BCUT2D eigenvalue weighted by Crippen LogP contribution is 2.33. The molecule has 2 N–H and O–H groups in total. The van der Waals surface area contributed by atoms with Crippen molar-refractivity contribution in [3.63, 3.8) is 0 Å². The number of carbonyl (C=O) groups excluding carboxylic acids is 2. The van der Waals surface area contributed by atoms with Crippen LogP contribution in [0.3, 0.4) is 0 Å². The van der Waals surface area contributed by atoms with Crippen molar-refractivity contribution < 1.29 is 18.4 Å². The van der Waals surface area contributed by atoms with Gasteiger partial charge in [0.15, 0.2) is 0 Å². The fraction of sp³-hybridized carbons (Fsp3) is 0.226. The Morgan fingerprint density at radius 3 is 2.34 bits per heavy atom. The maximum atomic E-state index is 14.9. The molecule has 0 unspecified atom stereocenters. The summed E-state index contributed by atoms with van der Waals surface area (Å²) in [6, 6.07) is 13.6. The van der Waals surface area contributed by atoms with Gasteiger partial charge in [0, 0.05) is 41.4 Å². The van der Waals surface area contributed by atoms with Gasteiger partial charge in [0.2, 0.25) is 5.95 Å². The van der Waals surface area contributed by atoms with Crippen LogP contribution in [0.2, 0.25) is 10.0 Å². The second kappa shape index (κ2) is 12.2. The predicted molar refractivity (Wildman–Crippen MR) is 169 cm³/mol. The number of benzene rings is 3. The maximum absolute atomic E-state index is 14.9. The zero-order chi connectivity index (χ0) is 31.9. The van der Waals surface area contributed by atoms with Gasteiger partial charge >= 0.3 is 0 Å². The van der Waals surface area contributed by atoms with Crippen molar-refractivity contribution in [2.24, 2.45) is 0 Å². The van der Waals surface area contributed by atoms with Crippen LogP contribution >= 0.6 is 35.8 Å². The molecule has 0 saturated heterocycles. The van der Waals surface area contributed by atoms with Crippen molar-refractivity contribution in [2.75, 3.05) is 12.4 Å². The number of amides is 2. The van der Waals surface area contributed by atoms with Gasteiger partial charge in [0.25, 0.3) is 17.4 Å². The van der Waals surface area contributed by atoms with Crippen molar-refractivity contribution in [1.82, 2.24) is 19.8 Å². The third kappa shape index (κ3) is 6.04. The molecule has 2 amide bonds. The maximum Gasteiger partial charge on any atom is 0.263 e. The van der Waals surface area contributed by atoms with Gasteiger partial charge in [-0.25, -0.2) is 18.3 Å². The zero-order valence-corrected chi connectivity index (χ0v) is 26.2. The number of anilines is 1. The van der Waals surface area contributed by atoms with E-state index in [-0.39, 0.29) is 47.4 Å². The van der Waals surface area contributed by atoms with Gasteiger partial charge in [0.05, 0.1) is 28.0 Å². The van der Waals surface area contributed by atoms with E-state index in [0.29, 0.717) is 33.1 Å². The first kappa shape index (κ1) is 31.5. The van der Waals surface area contributed by atoms with Crippen LogP contribution in [0, 0.1) is 11.6 Å². The second-order valence-electron chi connectivity index (χ2n) is 10.6. The van der Waals surface area contributed by atoms with Gasteiger partial charge in [-0.1, -0.05) is 23.2 Å². The molecule has 0 bridgehead atoms. The van der Waals surface area contributed by atoms with Gasteiger partial charge in [-0.3, -0.25) is 14.4 Å². The number of hydrogen-bond donors (Lipinski definition) is 3. The Balaban J connectivity index is 1.62. The highest BCUT2D eigenvalue weighted by Gasteiger charge is 2.34. The summed E-state index contributed by atoms with van der Waals surface area (Å²) in [5.41, 5.74) is 1.42. The van der Waals surface area contributed by atoms with Gasteiger partial charge in [-0.05, 0) is 74.9 Å². The standard InChI is InChI=1S/C31H27Cl2F2N5O3S/c1-16-12-21-26(15-39(16)28(42)18-6-11-23(32)24(33)13-18)37-30(38-31(2,44)22-10-7-19(34)14-25(22)35)40(29(21)43)20-8-4-17(5-9-20)27(41)36-3/h4-11,13-14,16,44H,12,15H2,1-3H3,(H,36,41)(H,37,38)/t16-,31+/m1/s1. The molecule has 13 heteroatoms. The quantitative estimate of drug-likeness (QED) is 0.175. The predicted octanol–water partition coefficient (Wildman–Crippen LogP) is 5.98. The lowest BCUT2D eigenvalue weighted by atomic mass is 9.98. The molecular formula is C31H27Cl2F2N5O3S. The van der Waals surface area contributed by atoms with E-state index in [9.17, 15) is 23.2 Å². The molecule has 2 heterocycles. The molecule has 0 aliphatic carbocycles. The van der Waals surface area contributed by atoms with E-state index in [2.05, 4.69) is 23.3 Å². The Morgan fingerprint density at radius 2 is 1.70 bits per heavy atom. The SMILES string of the molecule is CNC(=O)c1ccc(-n2c(N[C@@](C)(S)c3ccc(F)cc3F)nc3c(c2=O)C[C@@H](C)N(C(=O)c2ccc(Cl)c(Cl)c2)C3)cc1. The molecule has 228 valence electrons. The van der Waals surface area contributed by atoms with Crippen LogP contribution in [0.5, 0.6) is 0 Å². The van der Waals surface area contributed by atoms with Gasteiger partial charge in [0.1, 0.15) is 16.5 Å². The summed E-state index contributed by atoms with van der Waals surface area (Å²) in [4.78, 5) is 44.7. The first-order valence-electron chi connectivity index (χ1n) is 13.5. The molecule has 5 rings (SSSR count). The monoisotopic (exact) mass is 657 g/mol. The van der Waals surface area contributed by atoms with E-state index in [0.717, 1.165) is 12.1 Å². The van der Waals surface area contributed by atoms with Crippen molar-refractivity contribution in [2.45, 2.75) is 37.7 Å². The average molecular weight is 659 g/mol. The van der Waals surface area contributed by atoms with Crippen LogP contribution in [0.15, 0.2) is 65.5 Å². The molecular weight excluding hydrogens is 631 g/mol. The Kier molecular flexibility index (Phi) is 8.75. The Bertz CT molecular complexity index is 1850. The fourth-order valence-corrected chi connectivity index (χ4v) is 5.70. The topological polar surface area (TPSA) is 96.3 Å². The van der Waals surface area contributed by atoms with Crippen LogP contribution in [-0.2, 0) is 17.8 Å². The average Bonchev–Trinajstić information content (AvgIpc) is 2.98. The fourth-order valence-electron chi connectivity index (χ4n) is 5.12. The van der Waals surface area contributed by atoms with Crippen LogP contribution < -0.4 is 16.2 Å². The van der Waals surface area contributed by atoms with E-state index < -0.39 is 22.1 Å². The molecule has 3 aromatic carbocycles. The van der Waals surface area contributed by atoms with Crippen molar-refractivity contribution in [3.8, 4) is 5.69 Å². The molecule has 0 radical (unpaired) electrons. The summed E-state index contributed by atoms with van der Waals surface area (Å²) >= 11 is 16.8. The lowest BCUT2D eigenvalue weighted by molar-refractivity contribution is 0.0653. The van der Waals surface area contributed by atoms with E-state index >= 15 is 0 Å². The molecule has 4 aromatic rings. The molecule has 1 aromatic heterocycles. The summed E-state index contributed by atoms with van der Waals surface area (Å²) in [6.45, 7) is 3.37. The van der Waals surface area contributed by atoms with Crippen molar-refractivity contribution in [1.29, 1.82) is 0 Å². The Hall–Kier alpha value is -3.93. The van der Waals surface area contributed by atoms with Crippen LogP contribution in [0.1, 0.15) is 51.4 Å². The van der Waals surface area contributed by atoms with E-state index in [1.54, 1.807) is 42.2 Å². The summed E-state index contributed by atoms with van der Waals surface area (Å²) in [7, 11) is 1.51. The number of aromatic nitrogens is 2. The van der Waals surface area contributed by atoms with Gasteiger partial charge in [-0.2, -0.15) is 0 Å². The molecule has 0 fully saturated rings. The van der Waals surface area contributed by atoms with Gasteiger partial charge in [-0.15, -0.1) is 12.6 Å².